The number of hydrogen-bond donors (Lipinski definition) is 2. The molecule has 9 heteroatoms. The van der Waals surface area contributed by atoms with Crippen LogP contribution in [0.2, 0.25) is 5.02 Å². The lowest BCUT2D eigenvalue weighted by Crippen LogP contribution is -2.43. The summed E-state index contributed by atoms with van der Waals surface area (Å²) in [5.41, 5.74) is 2.23. The van der Waals surface area contributed by atoms with Crippen LogP contribution in [0.4, 0.5) is 8.78 Å². The number of nitrogens with zero attached hydrogens (tertiary/aromatic N) is 2. The van der Waals surface area contributed by atoms with Crippen molar-refractivity contribution in [3.63, 3.8) is 0 Å². The van der Waals surface area contributed by atoms with Crippen molar-refractivity contribution in [2.75, 3.05) is 32.8 Å². The summed E-state index contributed by atoms with van der Waals surface area (Å²) in [6.07, 6.45) is -2.69. The second kappa shape index (κ2) is 9.07. The first-order valence-electron chi connectivity index (χ1n) is 9.64. The van der Waals surface area contributed by atoms with Crippen LogP contribution in [0.5, 0.6) is 0 Å². The number of morpholine rings is 1. The molecule has 1 amide bonds. The van der Waals surface area contributed by atoms with E-state index in [2.05, 4.69) is 20.2 Å². The molecular weight excluding hydrogens is 414 g/mol. The Bertz CT molecular complexity index is 1020. The van der Waals surface area contributed by atoms with E-state index >= 15 is 0 Å². The molecule has 0 radical (unpaired) electrons. The highest BCUT2D eigenvalue weighted by Crippen LogP contribution is 2.24. The highest BCUT2D eigenvalue weighted by molar-refractivity contribution is 6.30. The molecule has 1 fully saturated rings. The van der Waals surface area contributed by atoms with Gasteiger partial charge in [-0.25, -0.2) is 13.8 Å². The number of amides is 1. The van der Waals surface area contributed by atoms with E-state index in [0.29, 0.717) is 41.4 Å². The molecule has 2 N–H and O–H groups in total. The fraction of sp³-hybridized carbons (Fsp3) is 0.333. The van der Waals surface area contributed by atoms with Crippen LogP contribution in [-0.4, -0.2) is 53.6 Å². The van der Waals surface area contributed by atoms with Crippen LogP contribution in [0.1, 0.15) is 34.2 Å². The van der Waals surface area contributed by atoms with Gasteiger partial charge in [0.1, 0.15) is 0 Å². The summed E-state index contributed by atoms with van der Waals surface area (Å²) in [5, 5.41) is 3.62. The van der Waals surface area contributed by atoms with Gasteiger partial charge in [-0.1, -0.05) is 23.7 Å². The smallest absolute Gasteiger partial charge is 0.295 e. The third-order valence-electron chi connectivity index (χ3n) is 5.17. The SMILES string of the molecule is O=C(NCC(c1ccc(Cl)cc1)N1CCOCC1)c1ccc2nc(C(F)F)[nH]c2c1. The molecule has 158 valence electrons. The molecule has 1 aromatic heterocycles. The van der Waals surface area contributed by atoms with Gasteiger partial charge in [0.2, 0.25) is 0 Å². The Morgan fingerprint density at radius 1 is 1.20 bits per heavy atom. The zero-order chi connectivity index (χ0) is 21.1. The van der Waals surface area contributed by atoms with Crippen LogP contribution in [0, 0.1) is 0 Å². The Hall–Kier alpha value is -2.55. The number of ether oxygens (including phenoxy) is 1. The minimum absolute atomic E-state index is 0.0311. The number of carbonyl (C=O) groups excluding carboxylic acids is 1. The standard InChI is InChI=1S/C21H21ClF2N4O2/c22-15-4-1-13(2-5-15)18(28-7-9-30-10-8-28)12-25-21(29)14-3-6-16-17(11-14)27-20(26-16)19(23)24/h1-6,11,18-19H,7-10,12H2,(H,25,29)(H,26,27). The van der Waals surface area contributed by atoms with E-state index in [-0.39, 0.29) is 11.9 Å². The van der Waals surface area contributed by atoms with E-state index in [9.17, 15) is 13.6 Å². The molecule has 4 rings (SSSR count). The van der Waals surface area contributed by atoms with Crippen molar-refractivity contribution >= 4 is 28.5 Å². The maximum absolute atomic E-state index is 12.8. The number of alkyl halides is 2. The first-order valence-corrected chi connectivity index (χ1v) is 10.0. The maximum atomic E-state index is 12.8. The van der Waals surface area contributed by atoms with Crippen LogP contribution in [0.25, 0.3) is 11.0 Å². The van der Waals surface area contributed by atoms with Gasteiger partial charge in [0.15, 0.2) is 5.82 Å². The number of benzene rings is 2. The number of imidazole rings is 1. The third kappa shape index (κ3) is 4.61. The number of halogens is 3. The number of fused-ring (bicyclic) bond motifs is 1. The first-order chi connectivity index (χ1) is 14.5. The quantitative estimate of drug-likeness (QED) is 0.616. The number of nitrogens with one attached hydrogen (secondary N) is 2. The molecule has 1 aliphatic rings. The predicted octanol–water partition coefficient (Wildman–Crippen LogP) is 3.96. The van der Waals surface area contributed by atoms with E-state index in [1.54, 1.807) is 12.1 Å². The van der Waals surface area contributed by atoms with Gasteiger partial charge in [0.05, 0.1) is 30.3 Å². The van der Waals surface area contributed by atoms with Gasteiger partial charge >= 0.3 is 0 Å². The van der Waals surface area contributed by atoms with Gasteiger partial charge < -0.3 is 15.0 Å². The Balaban J connectivity index is 1.50. The number of carbonyl (C=O) groups is 1. The summed E-state index contributed by atoms with van der Waals surface area (Å²) < 4.78 is 31.1. The van der Waals surface area contributed by atoms with E-state index in [1.807, 2.05) is 24.3 Å². The minimum atomic E-state index is -2.69. The van der Waals surface area contributed by atoms with Gasteiger partial charge in [0, 0.05) is 30.2 Å². The van der Waals surface area contributed by atoms with Crippen molar-refractivity contribution in [1.29, 1.82) is 0 Å². The second-order valence-corrected chi connectivity index (χ2v) is 7.52. The zero-order valence-corrected chi connectivity index (χ0v) is 16.8. The number of aromatic amines is 1. The van der Waals surface area contributed by atoms with Gasteiger partial charge in [0.25, 0.3) is 12.3 Å². The summed E-state index contributed by atoms with van der Waals surface area (Å²) in [4.78, 5) is 21.4. The lowest BCUT2D eigenvalue weighted by molar-refractivity contribution is 0.0162. The summed E-state index contributed by atoms with van der Waals surface area (Å²) in [7, 11) is 0. The average Bonchev–Trinajstić information content (AvgIpc) is 3.19. The molecule has 30 heavy (non-hydrogen) atoms. The van der Waals surface area contributed by atoms with Crippen molar-refractivity contribution in [3.8, 4) is 0 Å². The summed E-state index contributed by atoms with van der Waals surface area (Å²) in [6.45, 7) is 3.20. The van der Waals surface area contributed by atoms with Gasteiger partial charge in [-0.15, -0.1) is 0 Å². The van der Waals surface area contributed by atoms with Crippen molar-refractivity contribution in [2.24, 2.45) is 0 Å². The van der Waals surface area contributed by atoms with E-state index in [4.69, 9.17) is 16.3 Å². The van der Waals surface area contributed by atoms with E-state index in [1.165, 1.54) is 6.07 Å². The van der Waals surface area contributed by atoms with E-state index in [0.717, 1.165) is 18.7 Å². The second-order valence-electron chi connectivity index (χ2n) is 7.08. The van der Waals surface area contributed by atoms with Crippen LogP contribution in [0.3, 0.4) is 0 Å². The normalized spacial score (nSPS) is 16.1. The summed E-state index contributed by atoms with van der Waals surface area (Å²) in [6, 6.07) is 12.2. The Labute approximate surface area is 177 Å². The van der Waals surface area contributed by atoms with Crippen LogP contribution >= 0.6 is 11.6 Å². The minimum Gasteiger partial charge on any atom is -0.379 e. The van der Waals surface area contributed by atoms with Gasteiger partial charge in [-0.2, -0.15) is 0 Å². The molecule has 1 saturated heterocycles. The Morgan fingerprint density at radius 2 is 1.93 bits per heavy atom. The summed E-state index contributed by atoms with van der Waals surface area (Å²) in [5.74, 6) is -0.685. The van der Waals surface area contributed by atoms with Crippen molar-refractivity contribution in [3.05, 3.63) is 64.4 Å². The van der Waals surface area contributed by atoms with Crippen LogP contribution < -0.4 is 5.32 Å². The average molecular weight is 435 g/mol. The lowest BCUT2D eigenvalue weighted by Gasteiger charge is -2.35. The third-order valence-corrected chi connectivity index (χ3v) is 5.42. The lowest BCUT2D eigenvalue weighted by atomic mass is 10.0. The van der Waals surface area contributed by atoms with Crippen molar-refractivity contribution in [2.45, 2.75) is 12.5 Å². The maximum Gasteiger partial charge on any atom is 0.295 e. The molecule has 0 spiro atoms. The molecule has 2 aromatic carbocycles. The zero-order valence-electron chi connectivity index (χ0n) is 16.1. The highest BCUT2D eigenvalue weighted by Gasteiger charge is 2.23. The Kier molecular flexibility index (Phi) is 6.26. The van der Waals surface area contributed by atoms with Gasteiger partial charge in [-0.05, 0) is 35.9 Å². The fourth-order valence-electron chi connectivity index (χ4n) is 3.60. The molecule has 0 bridgehead atoms. The molecule has 3 aromatic rings. The molecule has 1 aliphatic heterocycles. The topological polar surface area (TPSA) is 70.2 Å². The number of hydrogen-bond acceptors (Lipinski definition) is 4. The number of H-pyrrole nitrogens is 1. The van der Waals surface area contributed by atoms with Crippen molar-refractivity contribution < 1.29 is 18.3 Å². The fourth-order valence-corrected chi connectivity index (χ4v) is 3.72. The first kappa shape index (κ1) is 20.7. The Morgan fingerprint density at radius 3 is 2.63 bits per heavy atom. The molecule has 0 saturated carbocycles. The summed E-state index contributed by atoms with van der Waals surface area (Å²) >= 11 is 6.02. The monoisotopic (exact) mass is 434 g/mol. The highest BCUT2D eigenvalue weighted by atomic mass is 35.5. The number of aromatic nitrogens is 2. The van der Waals surface area contributed by atoms with E-state index < -0.39 is 12.2 Å². The van der Waals surface area contributed by atoms with Gasteiger partial charge in [-0.3, -0.25) is 9.69 Å². The van der Waals surface area contributed by atoms with Crippen LogP contribution in [0.15, 0.2) is 42.5 Å². The predicted molar refractivity (Wildman–Crippen MR) is 110 cm³/mol. The molecule has 1 unspecified atom stereocenters. The molecular formula is C21H21ClF2N4O2. The van der Waals surface area contributed by atoms with Crippen molar-refractivity contribution in [1.82, 2.24) is 20.2 Å². The molecule has 0 aliphatic carbocycles. The number of rotatable bonds is 6. The molecule has 6 nitrogen and oxygen atoms in total. The molecule has 1 atom stereocenters. The van der Waals surface area contributed by atoms with Crippen LogP contribution in [-0.2, 0) is 4.74 Å². The largest absolute Gasteiger partial charge is 0.379 e. The molecule has 2 heterocycles.